The molecule has 0 unspecified atom stereocenters. The predicted molar refractivity (Wildman–Crippen MR) is 114 cm³/mol. The minimum atomic E-state index is -0.268. The van der Waals surface area contributed by atoms with Gasteiger partial charge in [0.15, 0.2) is 0 Å². The molecule has 2 aromatic heterocycles. The number of benzene rings is 2. The maximum absolute atomic E-state index is 12.9. The van der Waals surface area contributed by atoms with Crippen molar-refractivity contribution in [1.29, 1.82) is 0 Å². The molecular formula is C22H21N5O3. The third-order valence-corrected chi connectivity index (χ3v) is 4.79. The Morgan fingerprint density at radius 3 is 2.67 bits per heavy atom. The first-order valence-electron chi connectivity index (χ1n) is 9.33. The van der Waals surface area contributed by atoms with E-state index in [0.29, 0.717) is 22.7 Å². The molecule has 0 bridgehead atoms. The normalized spacial score (nSPS) is 10.8. The van der Waals surface area contributed by atoms with Crippen molar-refractivity contribution in [1.82, 2.24) is 19.3 Å². The van der Waals surface area contributed by atoms with E-state index in [-0.39, 0.29) is 11.6 Å². The van der Waals surface area contributed by atoms with E-state index in [2.05, 4.69) is 15.4 Å². The number of imidazole rings is 1. The van der Waals surface area contributed by atoms with Crippen LogP contribution in [-0.2, 0) is 7.05 Å². The number of amides is 1. The number of H-pyrrole nitrogens is 1. The summed E-state index contributed by atoms with van der Waals surface area (Å²) in [4.78, 5) is 27.7. The van der Waals surface area contributed by atoms with Crippen molar-refractivity contribution >= 4 is 11.6 Å². The smallest absolute Gasteiger partial charge is 0.330 e. The van der Waals surface area contributed by atoms with Crippen molar-refractivity contribution in [2.45, 2.75) is 6.92 Å². The predicted octanol–water partition coefficient (Wildman–Crippen LogP) is 3.14. The van der Waals surface area contributed by atoms with Crippen LogP contribution >= 0.6 is 0 Å². The Bertz CT molecular complexity index is 1280. The molecule has 0 saturated heterocycles. The highest BCUT2D eigenvalue weighted by Gasteiger charge is 2.14. The zero-order chi connectivity index (χ0) is 21.3. The average Bonchev–Trinajstić information content (AvgIpc) is 3.31. The fourth-order valence-corrected chi connectivity index (χ4v) is 3.33. The molecule has 152 valence electrons. The summed E-state index contributed by atoms with van der Waals surface area (Å²) in [5.74, 6) is 0.384. The number of hydrogen-bond donors (Lipinski definition) is 2. The summed E-state index contributed by atoms with van der Waals surface area (Å²) < 4.78 is 8.67. The van der Waals surface area contributed by atoms with E-state index in [1.807, 2.05) is 20.0 Å². The van der Waals surface area contributed by atoms with Crippen LogP contribution in [0.3, 0.4) is 0 Å². The number of nitrogens with one attached hydrogen (secondary N) is 2. The summed E-state index contributed by atoms with van der Waals surface area (Å²) in [6.45, 7) is 1.81. The Labute approximate surface area is 172 Å². The van der Waals surface area contributed by atoms with Crippen LogP contribution in [0.2, 0.25) is 0 Å². The number of hydrogen-bond acceptors (Lipinski definition) is 4. The van der Waals surface area contributed by atoms with E-state index >= 15 is 0 Å². The fourth-order valence-electron chi connectivity index (χ4n) is 3.33. The van der Waals surface area contributed by atoms with E-state index in [1.165, 1.54) is 4.57 Å². The molecule has 0 aliphatic carbocycles. The number of rotatable bonds is 5. The molecule has 0 aliphatic heterocycles. The molecule has 0 radical (unpaired) electrons. The van der Waals surface area contributed by atoms with Gasteiger partial charge in [-0.15, -0.1) is 0 Å². The average molecular weight is 403 g/mol. The Morgan fingerprint density at radius 2 is 2.00 bits per heavy atom. The largest absolute Gasteiger partial charge is 0.496 e. The van der Waals surface area contributed by atoms with Gasteiger partial charge in [0.05, 0.1) is 18.5 Å². The molecule has 2 aromatic carbocycles. The summed E-state index contributed by atoms with van der Waals surface area (Å²) in [6.07, 6.45) is 3.41. The van der Waals surface area contributed by atoms with E-state index in [1.54, 1.807) is 66.6 Å². The van der Waals surface area contributed by atoms with E-state index in [0.717, 1.165) is 17.0 Å². The highest BCUT2D eigenvalue weighted by Crippen LogP contribution is 2.30. The molecule has 4 aromatic rings. The first-order chi connectivity index (χ1) is 14.5. The molecule has 2 heterocycles. The first kappa shape index (κ1) is 19.3. The second-order valence-corrected chi connectivity index (χ2v) is 6.87. The van der Waals surface area contributed by atoms with Crippen LogP contribution in [-0.4, -0.2) is 32.3 Å². The van der Waals surface area contributed by atoms with Crippen molar-refractivity contribution in [3.63, 3.8) is 0 Å². The molecule has 1 amide bonds. The lowest BCUT2D eigenvalue weighted by Crippen LogP contribution is -2.15. The number of aromatic amines is 1. The van der Waals surface area contributed by atoms with Crippen molar-refractivity contribution < 1.29 is 9.53 Å². The number of nitrogens with zero attached hydrogens (tertiary/aromatic N) is 3. The van der Waals surface area contributed by atoms with Gasteiger partial charge in [-0.2, -0.15) is 5.10 Å². The number of methoxy groups -OCH3 is 1. The Morgan fingerprint density at radius 1 is 1.17 bits per heavy atom. The number of ether oxygens (including phenoxy) is 1. The molecule has 0 atom stereocenters. The fraction of sp³-hybridized carbons (Fsp3) is 0.136. The zero-order valence-electron chi connectivity index (χ0n) is 16.8. The van der Waals surface area contributed by atoms with Gasteiger partial charge in [0.25, 0.3) is 5.91 Å². The second kappa shape index (κ2) is 7.75. The number of aryl methyl sites for hydroxylation is 2. The van der Waals surface area contributed by atoms with Crippen molar-refractivity contribution in [2.75, 3.05) is 12.4 Å². The highest BCUT2D eigenvalue weighted by atomic mass is 16.5. The monoisotopic (exact) mass is 403 g/mol. The van der Waals surface area contributed by atoms with Crippen molar-refractivity contribution in [3.05, 3.63) is 82.7 Å². The van der Waals surface area contributed by atoms with Gasteiger partial charge < -0.3 is 15.0 Å². The minimum absolute atomic E-state index is 0.230. The number of aromatic nitrogens is 4. The van der Waals surface area contributed by atoms with Crippen molar-refractivity contribution in [2.24, 2.45) is 7.05 Å². The standard InChI is InChI=1S/C22H21N5O3/c1-14-13-27(22(29)24-14)17-6-4-5-16(12-17)25-21(28)15-7-8-20(30-3)18(11-15)19-9-10-23-26(19)2/h4-13H,1-3H3,(H,24,29)(H,25,28). The molecule has 4 rings (SSSR count). The second-order valence-electron chi connectivity index (χ2n) is 6.87. The maximum Gasteiger partial charge on any atom is 0.330 e. The van der Waals surface area contributed by atoms with E-state index in [4.69, 9.17) is 4.74 Å². The molecular weight excluding hydrogens is 382 g/mol. The summed E-state index contributed by atoms with van der Waals surface area (Å²) in [7, 11) is 3.42. The van der Waals surface area contributed by atoms with Crippen LogP contribution in [0.25, 0.3) is 16.9 Å². The van der Waals surface area contributed by atoms with Crippen molar-refractivity contribution in [3.8, 4) is 22.7 Å². The van der Waals surface area contributed by atoms with Crippen LogP contribution in [0.5, 0.6) is 5.75 Å². The van der Waals surface area contributed by atoms with Crippen LogP contribution < -0.4 is 15.7 Å². The minimum Gasteiger partial charge on any atom is -0.496 e. The van der Waals surface area contributed by atoms with Crippen LogP contribution in [0.15, 0.2) is 65.7 Å². The lowest BCUT2D eigenvalue weighted by atomic mass is 10.1. The van der Waals surface area contributed by atoms with Gasteiger partial charge >= 0.3 is 5.69 Å². The summed E-state index contributed by atoms with van der Waals surface area (Å²) in [5, 5.41) is 7.08. The molecule has 0 saturated carbocycles. The Hall–Kier alpha value is -4.07. The molecule has 30 heavy (non-hydrogen) atoms. The zero-order valence-corrected chi connectivity index (χ0v) is 16.8. The molecule has 8 nitrogen and oxygen atoms in total. The SMILES string of the molecule is COc1ccc(C(=O)Nc2cccc(-n3cc(C)[nH]c3=O)c2)cc1-c1ccnn1C. The van der Waals surface area contributed by atoms with Gasteiger partial charge in [-0.05, 0) is 49.4 Å². The van der Waals surface area contributed by atoms with Gasteiger partial charge in [0.2, 0.25) is 0 Å². The van der Waals surface area contributed by atoms with Gasteiger partial charge in [0, 0.05) is 41.9 Å². The van der Waals surface area contributed by atoms with Gasteiger partial charge in [-0.3, -0.25) is 14.0 Å². The Balaban J connectivity index is 1.63. The topological polar surface area (TPSA) is 93.9 Å². The summed E-state index contributed by atoms with van der Waals surface area (Å²) in [6, 6.07) is 14.2. The lowest BCUT2D eigenvalue weighted by molar-refractivity contribution is 0.102. The molecule has 0 spiro atoms. The molecule has 8 heteroatoms. The Kier molecular flexibility index (Phi) is 4.97. The third kappa shape index (κ3) is 3.62. The highest BCUT2D eigenvalue weighted by molar-refractivity contribution is 6.05. The molecule has 0 aliphatic rings. The number of carbonyl (C=O) groups excluding carboxylic acids is 1. The van der Waals surface area contributed by atoms with Crippen LogP contribution in [0, 0.1) is 6.92 Å². The summed E-state index contributed by atoms with van der Waals surface area (Å²) in [5.41, 5.74) is 3.86. The maximum atomic E-state index is 12.9. The van der Waals surface area contributed by atoms with E-state index in [9.17, 15) is 9.59 Å². The van der Waals surface area contributed by atoms with Gasteiger partial charge in [0.1, 0.15) is 5.75 Å². The third-order valence-electron chi connectivity index (χ3n) is 4.79. The van der Waals surface area contributed by atoms with Gasteiger partial charge in [-0.25, -0.2) is 4.79 Å². The number of anilines is 1. The number of carbonyl (C=O) groups is 1. The molecule has 0 fully saturated rings. The lowest BCUT2D eigenvalue weighted by Gasteiger charge is -2.12. The summed E-state index contributed by atoms with van der Waals surface area (Å²) >= 11 is 0. The van der Waals surface area contributed by atoms with E-state index < -0.39 is 0 Å². The first-order valence-corrected chi connectivity index (χ1v) is 9.33. The van der Waals surface area contributed by atoms with Crippen LogP contribution in [0.4, 0.5) is 5.69 Å². The van der Waals surface area contributed by atoms with Crippen LogP contribution in [0.1, 0.15) is 16.1 Å². The quantitative estimate of drug-likeness (QED) is 0.535. The van der Waals surface area contributed by atoms with Gasteiger partial charge in [-0.1, -0.05) is 6.07 Å². The molecule has 2 N–H and O–H groups in total.